The van der Waals surface area contributed by atoms with E-state index in [0.717, 1.165) is 36.3 Å². The number of aliphatic carboxylic acids is 2. The highest BCUT2D eigenvalue weighted by molar-refractivity contribution is 6.20. The van der Waals surface area contributed by atoms with Crippen LogP contribution in [0.25, 0.3) is 11.6 Å². The maximum Gasteiger partial charge on any atom is 0.370 e. The number of fused-ring (bicyclic) bond motifs is 1. The van der Waals surface area contributed by atoms with E-state index in [-0.39, 0.29) is 18.2 Å². The van der Waals surface area contributed by atoms with Crippen LogP contribution in [0.1, 0.15) is 23.1 Å². The summed E-state index contributed by atoms with van der Waals surface area (Å²) in [6, 6.07) is 9.24. The van der Waals surface area contributed by atoms with Gasteiger partial charge in [0.15, 0.2) is 12.4 Å². The number of anilines is 1. The number of carboxylic acids is 2. The molecular weight excluding hydrogens is 408 g/mol. The van der Waals surface area contributed by atoms with Crippen molar-refractivity contribution in [1.82, 2.24) is 0 Å². The number of nitrogens with zero attached hydrogens (tertiary/aromatic N) is 2. The number of benzene rings is 1. The van der Waals surface area contributed by atoms with Crippen molar-refractivity contribution in [3.05, 3.63) is 83.3 Å². The van der Waals surface area contributed by atoms with E-state index >= 15 is 0 Å². The summed E-state index contributed by atoms with van der Waals surface area (Å²) in [6.07, 6.45) is 13.0. The molecule has 32 heavy (non-hydrogen) atoms. The Morgan fingerprint density at radius 3 is 2.62 bits per heavy atom. The number of pyridine rings is 1. The Bertz CT molecular complexity index is 1130. The minimum absolute atomic E-state index is 0.124. The molecule has 2 aromatic rings. The number of rotatable bonds is 7. The molecule has 1 aliphatic heterocycles. The lowest BCUT2D eigenvalue weighted by molar-refractivity contribution is -0.685. The molecule has 1 aromatic carbocycles. The molecule has 2 N–H and O–H groups in total. The molecule has 0 spiro atoms. The van der Waals surface area contributed by atoms with Gasteiger partial charge in [-0.15, -0.1) is 0 Å². The van der Waals surface area contributed by atoms with Crippen LogP contribution in [0.3, 0.4) is 0 Å². The molecule has 2 heterocycles. The molecule has 0 saturated carbocycles. The lowest BCUT2D eigenvalue weighted by Gasteiger charge is -2.24. The summed E-state index contributed by atoms with van der Waals surface area (Å²) in [5, 5.41) is 18.6. The van der Waals surface area contributed by atoms with Crippen molar-refractivity contribution in [2.75, 3.05) is 18.6 Å². The molecule has 7 nitrogen and oxygen atoms in total. The zero-order chi connectivity index (χ0) is 22.7. The smallest absolute Gasteiger partial charge is 0.370 e. The lowest BCUT2D eigenvalue weighted by Crippen LogP contribution is -2.36. The summed E-state index contributed by atoms with van der Waals surface area (Å²) in [5.74, 6) is -1.99. The molecule has 0 bridgehead atoms. The highest BCUT2D eigenvalue weighted by Gasteiger charge is 2.23. The molecule has 0 amide bonds. The minimum Gasteiger partial charge on any atom is -0.478 e. The van der Waals surface area contributed by atoms with Crippen LogP contribution >= 0.6 is 0 Å². The largest absolute Gasteiger partial charge is 0.478 e. The fourth-order valence-electron chi connectivity index (χ4n) is 4.08. The summed E-state index contributed by atoms with van der Waals surface area (Å²) in [5.41, 5.74) is 4.97. The molecule has 164 valence electrons. The molecular formula is C25H25N2O5+. The van der Waals surface area contributed by atoms with E-state index in [0.29, 0.717) is 5.56 Å². The first-order valence-electron chi connectivity index (χ1n) is 10.4. The van der Waals surface area contributed by atoms with E-state index in [2.05, 4.69) is 23.1 Å². The first-order valence-corrected chi connectivity index (χ1v) is 10.4. The van der Waals surface area contributed by atoms with Gasteiger partial charge in [0.05, 0.1) is 11.7 Å². The van der Waals surface area contributed by atoms with Gasteiger partial charge in [-0.2, -0.15) is 4.57 Å². The second-order valence-electron chi connectivity index (χ2n) is 7.80. The number of hydrogen-bond acceptors (Lipinski definition) is 4. The molecule has 1 aliphatic carbocycles. The van der Waals surface area contributed by atoms with Gasteiger partial charge in [0.1, 0.15) is 0 Å². The number of allylic oxidation sites excluding steroid dienone is 1. The van der Waals surface area contributed by atoms with Gasteiger partial charge < -0.3 is 19.8 Å². The maximum atomic E-state index is 11.9. The third kappa shape index (κ3) is 4.63. The van der Waals surface area contributed by atoms with Crippen LogP contribution in [-0.4, -0.2) is 41.9 Å². The summed E-state index contributed by atoms with van der Waals surface area (Å²) in [7, 11) is 1.71. The Balaban J connectivity index is 1.57. The van der Waals surface area contributed by atoms with Gasteiger partial charge in [0, 0.05) is 42.7 Å². The first-order chi connectivity index (χ1) is 15.4. The van der Waals surface area contributed by atoms with E-state index in [1.807, 2.05) is 18.2 Å². The minimum atomic E-state index is -1.03. The van der Waals surface area contributed by atoms with Crippen LogP contribution in [0, 0.1) is 0 Å². The Labute approximate surface area is 186 Å². The van der Waals surface area contributed by atoms with Crippen molar-refractivity contribution in [1.29, 1.82) is 0 Å². The van der Waals surface area contributed by atoms with Gasteiger partial charge in [0.25, 0.3) is 0 Å². The zero-order valence-corrected chi connectivity index (χ0v) is 17.8. The Kier molecular flexibility index (Phi) is 6.18. The van der Waals surface area contributed by atoms with Crippen LogP contribution in [0.2, 0.25) is 0 Å². The fraction of sp³-hybridized carbons (Fsp3) is 0.240. The predicted octanol–water partition coefficient (Wildman–Crippen LogP) is 2.91. The van der Waals surface area contributed by atoms with E-state index in [9.17, 15) is 14.7 Å². The monoisotopic (exact) mass is 433 g/mol. The number of aromatic nitrogens is 1. The number of carbonyl (C=O) groups is 2. The third-order valence-electron chi connectivity index (χ3n) is 5.72. The van der Waals surface area contributed by atoms with Gasteiger partial charge in [-0.1, -0.05) is 18.2 Å². The van der Waals surface area contributed by atoms with Crippen LogP contribution in [-0.2, 0) is 27.3 Å². The van der Waals surface area contributed by atoms with Gasteiger partial charge in [-0.3, -0.25) is 0 Å². The number of ether oxygens (including phenoxy) is 1. The van der Waals surface area contributed by atoms with Gasteiger partial charge in [0.2, 0.25) is 6.54 Å². The van der Waals surface area contributed by atoms with Gasteiger partial charge >= 0.3 is 11.9 Å². The third-order valence-corrected chi connectivity index (χ3v) is 5.72. The van der Waals surface area contributed by atoms with E-state index in [1.165, 1.54) is 10.1 Å². The standard InChI is InChI=1S/C25H24N2O5/c1-32-21-5-3-20(4-6-21)27-13-10-19-14-17(2-7-23(19)27)15-22(25(30)31)18-8-11-26(12-9-18)16-24(28)29/h2-5,7-9,11-12,14-15,21H,6,10,13,16H2,1H3,(H-,28,29,30,31)/p+1. The van der Waals surface area contributed by atoms with Gasteiger partial charge in [-0.05, 0) is 48.3 Å². The van der Waals surface area contributed by atoms with Crippen LogP contribution < -0.4 is 9.47 Å². The van der Waals surface area contributed by atoms with E-state index < -0.39 is 11.9 Å². The highest BCUT2D eigenvalue weighted by Crippen LogP contribution is 2.34. The zero-order valence-electron chi connectivity index (χ0n) is 17.8. The second kappa shape index (κ2) is 9.20. The quantitative estimate of drug-likeness (QED) is 0.515. The average molecular weight is 433 g/mol. The molecule has 0 saturated heterocycles. The average Bonchev–Trinajstić information content (AvgIpc) is 3.21. The number of carboxylic acid groups (broad SMARTS) is 2. The van der Waals surface area contributed by atoms with E-state index in [1.54, 1.807) is 37.7 Å². The number of hydrogen-bond donors (Lipinski definition) is 2. The van der Waals surface area contributed by atoms with Crippen molar-refractivity contribution in [2.24, 2.45) is 0 Å². The molecule has 0 radical (unpaired) electrons. The summed E-state index contributed by atoms with van der Waals surface area (Å²) in [6.45, 7) is 0.704. The predicted molar refractivity (Wildman–Crippen MR) is 120 cm³/mol. The second-order valence-corrected chi connectivity index (χ2v) is 7.80. The number of methoxy groups -OCH3 is 1. The molecule has 1 unspecified atom stereocenters. The molecule has 0 fully saturated rings. The van der Waals surface area contributed by atoms with Crippen molar-refractivity contribution in [3.63, 3.8) is 0 Å². The van der Waals surface area contributed by atoms with Crippen molar-refractivity contribution in [3.8, 4) is 0 Å². The maximum absolute atomic E-state index is 11.9. The summed E-state index contributed by atoms with van der Waals surface area (Å²) >= 11 is 0. The van der Waals surface area contributed by atoms with Crippen LogP contribution in [0.5, 0.6) is 0 Å². The first kappa shape index (κ1) is 21.5. The highest BCUT2D eigenvalue weighted by atomic mass is 16.5. The Morgan fingerprint density at radius 2 is 2.00 bits per heavy atom. The van der Waals surface area contributed by atoms with E-state index in [4.69, 9.17) is 9.84 Å². The molecule has 4 rings (SSSR count). The van der Waals surface area contributed by atoms with Gasteiger partial charge in [-0.25, -0.2) is 9.59 Å². The SMILES string of the molecule is COC1C=CC(N2CCc3cc(/C=C(\C(=O)O)c4cc[n+](CC(=O)O)cc4)ccc32)=CC1. The Morgan fingerprint density at radius 1 is 1.22 bits per heavy atom. The van der Waals surface area contributed by atoms with Crippen molar-refractivity contribution in [2.45, 2.75) is 25.5 Å². The topological polar surface area (TPSA) is 91.0 Å². The van der Waals surface area contributed by atoms with Crippen LogP contribution in [0.4, 0.5) is 5.69 Å². The molecule has 1 aromatic heterocycles. The van der Waals surface area contributed by atoms with Crippen molar-refractivity contribution < 1.29 is 29.1 Å². The molecule has 2 aliphatic rings. The Hall–Kier alpha value is -3.71. The van der Waals surface area contributed by atoms with Crippen LogP contribution in [0.15, 0.2) is 66.7 Å². The summed E-state index contributed by atoms with van der Waals surface area (Å²) in [4.78, 5) is 25.0. The molecule has 7 heteroatoms. The molecule has 1 atom stereocenters. The van der Waals surface area contributed by atoms with Crippen molar-refractivity contribution >= 4 is 29.3 Å². The lowest BCUT2D eigenvalue weighted by atomic mass is 10.0. The fourth-order valence-corrected chi connectivity index (χ4v) is 4.08. The summed E-state index contributed by atoms with van der Waals surface area (Å²) < 4.78 is 6.86. The normalized spacial score (nSPS) is 17.8.